The first-order valence-corrected chi connectivity index (χ1v) is 10.7. The molecule has 0 radical (unpaired) electrons. The Morgan fingerprint density at radius 2 is 1.59 bits per heavy atom. The lowest BCUT2D eigenvalue weighted by molar-refractivity contribution is 0.511. The van der Waals surface area contributed by atoms with Crippen molar-refractivity contribution < 1.29 is 8.78 Å². The van der Waals surface area contributed by atoms with Gasteiger partial charge >= 0.3 is 0 Å². The van der Waals surface area contributed by atoms with E-state index in [1.54, 1.807) is 18.2 Å². The van der Waals surface area contributed by atoms with Crippen LogP contribution in [-0.2, 0) is 6.54 Å². The fourth-order valence-electron chi connectivity index (χ4n) is 3.73. The molecule has 2 aliphatic heterocycles. The van der Waals surface area contributed by atoms with E-state index in [1.165, 1.54) is 12.1 Å². The Morgan fingerprint density at radius 3 is 2.41 bits per heavy atom. The fourth-order valence-corrected chi connectivity index (χ4v) is 4.13. The molecule has 158 valence electrons. The van der Waals surface area contributed by atoms with E-state index in [4.69, 9.17) is 23.2 Å². The first-order chi connectivity index (χ1) is 15.5. The molecule has 0 atom stereocenters. The van der Waals surface area contributed by atoms with E-state index in [2.05, 4.69) is 4.98 Å². The summed E-state index contributed by atoms with van der Waals surface area (Å²) in [4.78, 5) is 4.45. The number of aromatic nitrogens is 2. The molecular weight excluding hydrogens is 449 g/mol. The smallest absolute Gasteiger partial charge is 0.168 e. The average molecular weight is 465 g/mol. The lowest BCUT2D eigenvalue weighted by Gasteiger charge is -2.10. The van der Waals surface area contributed by atoms with Gasteiger partial charge in [0.2, 0.25) is 0 Å². The molecule has 2 aliphatic rings. The zero-order valence-electron chi connectivity index (χ0n) is 16.7. The lowest BCUT2D eigenvalue weighted by atomic mass is 10.0. The van der Waals surface area contributed by atoms with Crippen molar-refractivity contribution in [1.29, 1.82) is 0 Å². The molecule has 2 nitrogen and oxygen atoms in total. The van der Waals surface area contributed by atoms with E-state index in [9.17, 15) is 8.78 Å². The maximum absolute atomic E-state index is 14.1. The molecule has 0 amide bonds. The summed E-state index contributed by atoms with van der Waals surface area (Å²) in [5.74, 6) is -1.77. The van der Waals surface area contributed by atoms with Gasteiger partial charge in [0.05, 0.1) is 11.4 Å². The van der Waals surface area contributed by atoms with Crippen LogP contribution < -0.4 is 0 Å². The average Bonchev–Trinajstić information content (AvgIpc) is 3.21. The minimum absolute atomic E-state index is 0.156. The van der Waals surface area contributed by atoms with E-state index in [1.807, 2.05) is 53.4 Å². The third-order valence-corrected chi connectivity index (χ3v) is 5.91. The van der Waals surface area contributed by atoms with Crippen LogP contribution >= 0.6 is 23.2 Å². The second-order valence-electron chi connectivity index (χ2n) is 7.52. The molecule has 3 aromatic carbocycles. The summed E-state index contributed by atoms with van der Waals surface area (Å²) in [7, 11) is 0. The summed E-state index contributed by atoms with van der Waals surface area (Å²) in [6, 6.07) is 21.3. The van der Waals surface area contributed by atoms with Crippen LogP contribution in [0.15, 0.2) is 85.2 Å². The van der Waals surface area contributed by atoms with Crippen LogP contribution in [0.3, 0.4) is 0 Å². The Balaban J connectivity index is 1.40. The van der Waals surface area contributed by atoms with Gasteiger partial charge in [-0.15, -0.1) is 0 Å². The third-order valence-electron chi connectivity index (χ3n) is 5.34. The van der Waals surface area contributed by atoms with Gasteiger partial charge in [0.25, 0.3) is 0 Å². The number of hydrogen-bond acceptors (Lipinski definition) is 1. The van der Waals surface area contributed by atoms with E-state index < -0.39 is 11.6 Å². The van der Waals surface area contributed by atoms with Crippen LogP contribution in [0.2, 0.25) is 10.0 Å². The standard InChI is InChI=1S/C26H16Cl2F2N2/c27-19-8-9-22(28)21(13-19)17-6-4-16(5-7-17)14-32-11-10-24-18(15-32)12-25(31-24)20-2-1-3-23(29)26(20)30/h1-13,15H,14H2. The predicted molar refractivity (Wildman–Crippen MR) is 125 cm³/mol. The number of benzene rings is 3. The highest BCUT2D eigenvalue weighted by molar-refractivity contribution is 6.35. The van der Waals surface area contributed by atoms with Gasteiger partial charge in [-0.3, -0.25) is 0 Å². The van der Waals surface area contributed by atoms with Crippen LogP contribution in [-0.4, -0.2) is 9.55 Å². The molecule has 2 heterocycles. The van der Waals surface area contributed by atoms with Crippen molar-refractivity contribution in [2.45, 2.75) is 6.54 Å². The molecule has 6 heteroatoms. The molecule has 0 aromatic heterocycles. The van der Waals surface area contributed by atoms with Crippen molar-refractivity contribution in [2.75, 3.05) is 0 Å². The Hall–Kier alpha value is -3.21. The molecule has 3 aromatic rings. The first-order valence-electron chi connectivity index (χ1n) is 9.93. The summed E-state index contributed by atoms with van der Waals surface area (Å²) < 4.78 is 29.8. The van der Waals surface area contributed by atoms with E-state index >= 15 is 0 Å². The highest BCUT2D eigenvalue weighted by Gasteiger charge is 2.16. The van der Waals surface area contributed by atoms with Crippen LogP contribution in [0.1, 0.15) is 5.56 Å². The van der Waals surface area contributed by atoms with Gasteiger partial charge in [-0.25, -0.2) is 13.8 Å². The fraction of sp³-hybridized carbons (Fsp3) is 0.0385. The number of rotatable bonds is 4. The summed E-state index contributed by atoms with van der Waals surface area (Å²) in [5.41, 5.74) is 5.13. The van der Waals surface area contributed by atoms with Crippen molar-refractivity contribution >= 4 is 23.2 Å². The molecule has 0 aliphatic carbocycles. The van der Waals surface area contributed by atoms with Crippen molar-refractivity contribution in [3.8, 4) is 33.6 Å². The van der Waals surface area contributed by atoms with Gasteiger partial charge in [0.1, 0.15) is 0 Å². The van der Waals surface area contributed by atoms with Crippen LogP contribution in [0.25, 0.3) is 33.6 Å². The second kappa shape index (κ2) is 8.38. The summed E-state index contributed by atoms with van der Waals surface area (Å²) in [5, 5.41) is 1.29. The molecule has 0 fully saturated rings. The maximum Gasteiger partial charge on any atom is 0.168 e. The zero-order valence-corrected chi connectivity index (χ0v) is 18.2. The zero-order chi connectivity index (χ0) is 22.2. The SMILES string of the molecule is Fc1cccc(-c2cc3cn(Cc4ccc(-c5cc(Cl)ccc5Cl)cc4)ccc-3n2)c1F. The van der Waals surface area contributed by atoms with Crippen molar-refractivity contribution in [2.24, 2.45) is 0 Å². The van der Waals surface area contributed by atoms with Gasteiger partial charge < -0.3 is 4.57 Å². The molecule has 32 heavy (non-hydrogen) atoms. The highest BCUT2D eigenvalue weighted by Crippen LogP contribution is 2.32. The first kappa shape index (κ1) is 20.7. The van der Waals surface area contributed by atoms with Crippen molar-refractivity contribution in [3.05, 3.63) is 112 Å². The van der Waals surface area contributed by atoms with E-state index in [0.29, 0.717) is 22.3 Å². The number of fused-ring (bicyclic) bond motifs is 1. The van der Waals surface area contributed by atoms with Crippen LogP contribution in [0, 0.1) is 11.6 Å². The predicted octanol–water partition coefficient (Wildman–Crippen LogP) is 7.96. The Kier molecular flexibility index (Phi) is 5.41. The quantitative estimate of drug-likeness (QED) is 0.263. The Labute approximate surface area is 194 Å². The van der Waals surface area contributed by atoms with Gasteiger partial charge in [0, 0.05) is 45.7 Å². The maximum atomic E-state index is 14.1. The highest BCUT2D eigenvalue weighted by atomic mass is 35.5. The number of pyridine rings is 1. The molecule has 0 unspecified atom stereocenters. The van der Waals surface area contributed by atoms with E-state index in [-0.39, 0.29) is 5.56 Å². The minimum Gasteiger partial charge on any atom is -0.349 e. The monoisotopic (exact) mass is 464 g/mol. The van der Waals surface area contributed by atoms with Gasteiger partial charge in [-0.05, 0) is 53.6 Å². The number of hydrogen-bond donors (Lipinski definition) is 0. The van der Waals surface area contributed by atoms with Crippen molar-refractivity contribution in [3.63, 3.8) is 0 Å². The minimum atomic E-state index is -0.886. The number of halogens is 4. The second-order valence-corrected chi connectivity index (χ2v) is 8.37. The normalized spacial score (nSPS) is 11.2. The molecule has 0 saturated heterocycles. The molecule has 0 bridgehead atoms. The van der Waals surface area contributed by atoms with Crippen LogP contribution in [0.4, 0.5) is 8.78 Å². The lowest BCUT2D eigenvalue weighted by Crippen LogP contribution is -2.00. The third kappa shape index (κ3) is 3.99. The number of nitrogens with zero attached hydrogens (tertiary/aromatic N) is 2. The molecule has 5 rings (SSSR count). The van der Waals surface area contributed by atoms with Gasteiger partial charge in [-0.2, -0.15) is 0 Å². The Bertz CT molecular complexity index is 1390. The van der Waals surface area contributed by atoms with Gasteiger partial charge in [0.15, 0.2) is 11.6 Å². The van der Waals surface area contributed by atoms with Gasteiger partial charge in [-0.1, -0.05) is 53.5 Å². The largest absolute Gasteiger partial charge is 0.349 e. The van der Waals surface area contributed by atoms with Crippen molar-refractivity contribution in [1.82, 2.24) is 9.55 Å². The van der Waals surface area contributed by atoms with E-state index in [0.717, 1.165) is 34.0 Å². The molecule has 0 N–H and O–H groups in total. The summed E-state index contributed by atoms with van der Waals surface area (Å²) >= 11 is 12.4. The Morgan fingerprint density at radius 1 is 0.781 bits per heavy atom. The molecule has 0 spiro atoms. The van der Waals surface area contributed by atoms with Crippen LogP contribution in [0.5, 0.6) is 0 Å². The molecule has 0 saturated carbocycles. The summed E-state index contributed by atoms with van der Waals surface area (Å²) in [6.45, 7) is 0.647. The topological polar surface area (TPSA) is 17.8 Å². The summed E-state index contributed by atoms with van der Waals surface area (Å²) in [6.07, 6.45) is 3.87. The molecular formula is C26H16Cl2F2N2.